The maximum atomic E-state index is 13.5. The lowest BCUT2D eigenvalue weighted by Crippen LogP contribution is -2.47. The first-order valence-electron chi connectivity index (χ1n) is 31.1. The van der Waals surface area contributed by atoms with Crippen LogP contribution in [0, 0.1) is 0 Å². The van der Waals surface area contributed by atoms with Crippen molar-refractivity contribution in [2.45, 2.75) is 296 Å². The van der Waals surface area contributed by atoms with Crippen LogP contribution in [0.4, 0.5) is 0 Å². The number of esters is 1. The number of likely N-dealkylation sites (N-methyl/N-ethyl adjacent to an activating group) is 1. The second-order valence-corrected chi connectivity index (χ2v) is 23.6. The number of nitrogens with one attached hydrogen (secondary N) is 1. The summed E-state index contributed by atoms with van der Waals surface area (Å²) < 4.78 is 30.3. The van der Waals surface area contributed by atoms with Crippen LogP contribution in [0.3, 0.4) is 0 Å². The number of hydrogen-bond acceptors (Lipinski definition) is 7. The lowest BCUT2D eigenvalue weighted by atomic mass is 10.0. The molecule has 0 fully saturated rings. The number of carbonyl (C=O) groups excluding carboxylic acids is 2. The van der Waals surface area contributed by atoms with Gasteiger partial charge in [-0.05, 0) is 70.3 Å². The van der Waals surface area contributed by atoms with Gasteiger partial charge in [-0.15, -0.1) is 0 Å². The Labute approximate surface area is 458 Å². The van der Waals surface area contributed by atoms with Crippen LogP contribution >= 0.6 is 7.82 Å². The highest BCUT2D eigenvalue weighted by Gasteiger charge is 2.27. The minimum absolute atomic E-state index is 0.0288. The Morgan fingerprint density at radius 2 is 0.865 bits per heavy atom. The Morgan fingerprint density at radius 1 is 0.486 bits per heavy atom. The first-order valence-corrected chi connectivity index (χ1v) is 32.6. The van der Waals surface area contributed by atoms with E-state index in [1.807, 2.05) is 33.3 Å². The maximum absolute atomic E-state index is 13.5. The van der Waals surface area contributed by atoms with E-state index in [1.54, 1.807) is 0 Å². The molecule has 432 valence electrons. The van der Waals surface area contributed by atoms with E-state index < -0.39 is 26.6 Å². The van der Waals surface area contributed by atoms with E-state index in [2.05, 4.69) is 74.7 Å². The third kappa shape index (κ3) is 54.5. The van der Waals surface area contributed by atoms with Crippen molar-refractivity contribution >= 4 is 19.7 Å². The smallest absolute Gasteiger partial charge is 0.306 e. The van der Waals surface area contributed by atoms with Crippen LogP contribution in [0.15, 0.2) is 60.8 Å². The van der Waals surface area contributed by atoms with Gasteiger partial charge in [0.1, 0.15) is 19.3 Å². The van der Waals surface area contributed by atoms with Gasteiger partial charge in [0, 0.05) is 12.8 Å². The molecule has 3 unspecified atom stereocenters. The van der Waals surface area contributed by atoms with Gasteiger partial charge in [-0.1, -0.05) is 262 Å². The van der Waals surface area contributed by atoms with Crippen LogP contribution in [0.25, 0.3) is 0 Å². The number of allylic oxidation sites excluding steroid dienone is 9. The number of carbonyl (C=O) groups is 2. The average molecular weight is 1060 g/mol. The fraction of sp³-hybridized carbons (Fsp3) is 0.812. The number of phosphoric acid groups is 1. The van der Waals surface area contributed by atoms with Crippen molar-refractivity contribution < 1.29 is 37.3 Å². The van der Waals surface area contributed by atoms with Crippen molar-refractivity contribution in [3.8, 4) is 0 Å². The van der Waals surface area contributed by atoms with Gasteiger partial charge in [-0.2, -0.15) is 0 Å². The maximum Gasteiger partial charge on any atom is 0.306 e. The number of rotatable bonds is 56. The molecule has 0 aromatic heterocycles. The van der Waals surface area contributed by atoms with Gasteiger partial charge in [0.2, 0.25) is 5.91 Å². The molecule has 0 saturated carbocycles. The topological polar surface area (TPSA) is 114 Å². The Bertz CT molecular complexity index is 1450. The van der Waals surface area contributed by atoms with Crippen LogP contribution in [0.1, 0.15) is 284 Å². The molecule has 0 saturated heterocycles. The van der Waals surface area contributed by atoms with Gasteiger partial charge >= 0.3 is 5.97 Å². The SMILES string of the molecule is CC/C=C/C/C=C/C/C=C/C/C=C/CCCCCC(=O)NC(COP(=O)([O-])OCC[N+](C)(C)C)C(/C=C/CCCCCCCCCCCCC)OC(=O)CCCCCCCCCCCCCCCCCCCCC. The minimum atomic E-state index is -4.71. The molecule has 1 N–H and O–H groups in total. The quantitative estimate of drug-likeness (QED) is 0.0212. The Balaban J connectivity index is 5.31. The Morgan fingerprint density at radius 3 is 1.31 bits per heavy atom. The van der Waals surface area contributed by atoms with Crippen LogP contribution in [-0.4, -0.2) is 69.4 Å². The van der Waals surface area contributed by atoms with Crippen molar-refractivity contribution in [2.75, 3.05) is 40.9 Å². The second-order valence-electron chi connectivity index (χ2n) is 22.2. The summed E-state index contributed by atoms with van der Waals surface area (Å²) in [5.74, 6) is -0.569. The van der Waals surface area contributed by atoms with Crippen LogP contribution < -0.4 is 10.2 Å². The molecule has 0 aliphatic heterocycles. The molecular weight excluding hydrogens is 940 g/mol. The summed E-state index contributed by atoms with van der Waals surface area (Å²) in [6, 6.07) is -0.904. The lowest BCUT2D eigenvalue weighted by molar-refractivity contribution is -0.870. The standard InChI is InChI=1S/C64H119N2O7P/c1-7-10-13-16-19-22-25-28-30-32-33-34-36-39-42-45-48-51-54-57-64(68)73-62(55-52-49-46-43-40-37-27-24-21-18-15-12-9-3)61(60-72-74(69,70)71-59-58-66(4,5)6)65-63(67)56-53-50-47-44-41-38-35-31-29-26-23-20-17-14-11-8-2/h11,14,20,23,29,31,38,41,52,55,61-62H,7-10,12-13,15-19,21-22,24-28,30,32-37,39-40,42-51,53-54,56-60H2,1-6H3,(H-,65,67,69,70)/b14-11+,23-20+,31-29+,41-38+,55-52+. The van der Waals surface area contributed by atoms with Gasteiger partial charge < -0.3 is 28.5 Å². The van der Waals surface area contributed by atoms with Gasteiger partial charge in [0.15, 0.2) is 0 Å². The molecule has 0 aliphatic carbocycles. The number of nitrogens with zero attached hydrogens (tertiary/aromatic N) is 1. The zero-order valence-electron chi connectivity index (χ0n) is 49.3. The fourth-order valence-electron chi connectivity index (χ4n) is 8.93. The van der Waals surface area contributed by atoms with E-state index in [0.717, 1.165) is 83.5 Å². The lowest BCUT2D eigenvalue weighted by Gasteiger charge is -2.30. The van der Waals surface area contributed by atoms with Crippen molar-refractivity contribution in [2.24, 2.45) is 0 Å². The zero-order chi connectivity index (χ0) is 54.3. The molecule has 3 atom stereocenters. The molecule has 9 nitrogen and oxygen atoms in total. The number of amides is 1. The van der Waals surface area contributed by atoms with Gasteiger partial charge in [0.25, 0.3) is 7.82 Å². The van der Waals surface area contributed by atoms with Crippen LogP contribution in [0.2, 0.25) is 0 Å². The third-order valence-corrected chi connectivity index (χ3v) is 14.7. The third-order valence-electron chi connectivity index (χ3n) is 13.7. The second kappa shape index (κ2) is 54.1. The molecule has 0 radical (unpaired) electrons. The zero-order valence-corrected chi connectivity index (χ0v) is 50.2. The molecule has 0 rings (SSSR count). The molecular formula is C64H119N2O7P. The normalized spacial score (nSPS) is 14.1. The monoisotopic (exact) mass is 1060 g/mol. The molecule has 0 bridgehead atoms. The average Bonchev–Trinajstić information content (AvgIpc) is 3.36. The molecule has 0 aromatic carbocycles. The van der Waals surface area contributed by atoms with E-state index >= 15 is 0 Å². The van der Waals surface area contributed by atoms with Crippen molar-refractivity contribution in [1.29, 1.82) is 0 Å². The first kappa shape index (κ1) is 71.7. The molecule has 0 aromatic rings. The van der Waals surface area contributed by atoms with Crippen LogP contribution in [-0.2, 0) is 27.9 Å². The van der Waals surface area contributed by atoms with Gasteiger partial charge in [0.05, 0.1) is 33.8 Å². The molecule has 0 spiro atoms. The summed E-state index contributed by atoms with van der Waals surface area (Å²) in [6.07, 6.45) is 67.6. The highest BCUT2D eigenvalue weighted by atomic mass is 31.2. The Hall–Kier alpha value is -2.29. The minimum Gasteiger partial charge on any atom is -0.756 e. The van der Waals surface area contributed by atoms with Crippen molar-refractivity contribution in [3.63, 3.8) is 0 Å². The van der Waals surface area contributed by atoms with E-state index in [-0.39, 0.29) is 31.3 Å². The summed E-state index contributed by atoms with van der Waals surface area (Å²) in [6.45, 7) is 6.73. The molecule has 0 heterocycles. The van der Waals surface area contributed by atoms with E-state index in [0.29, 0.717) is 17.4 Å². The Kier molecular flexibility index (Phi) is 52.4. The molecule has 10 heteroatoms. The first-order chi connectivity index (χ1) is 35.9. The number of phosphoric ester groups is 1. The van der Waals surface area contributed by atoms with E-state index in [1.165, 1.54) is 161 Å². The van der Waals surface area contributed by atoms with E-state index in [9.17, 15) is 19.0 Å². The van der Waals surface area contributed by atoms with Crippen LogP contribution in [0.5, 0.6) is 0 Å². The number of unbranched alkanes of at least 4 members (excludes halogenated alkanes) is 32. The van der Waals surface area contributed by atoms with Crippen molar-refractivity contribution in [1.82, 2.24) is 5.32 Å². The number of hydrogen-bond donors (Lipinski definition) is 1. The summed E-state index contributed by atoms with van der Waals surface area (Å²) >= 11 is 0. The number of quaternary nitrogens is 1. The summed E-state index contributed by atoms with van der Waals surface area (Å²) in [4.78, 5) is 40.0. The van der Waals surface area contributed by atoms with Crippen molar-refractivity contribution in [3.05, 3.63) is 60.8 Å². The molecule has 0 aliphatic rings. The highest BCUT2D eigenvalue weighted by Crippen LogP contribution is 2.38. The summed E-state index contributed by atoms with van der Waals surface area (Å²) in [5, 5.41) is 3.01. The highest BCUT2D eigenvalue weighted by molar-refractivity contribution is 7.45. The predicted octanol–water partition coefficient (Wildman–Crippen LogP) is 18.4. The summed E-state index contributed by atoms with van der Waals surface area (Å²) in [7, 11) is 1.17. The molecule has 1 amide bonds. The molecule has 74 heavy (non-hydrogen) atoms. The number of ether oxygens (including phenoxy) is 1. The summed E-state index contributed by atoms with van der Waals surface area (Å²) in [5.41, 5.74) is 0. The van der Waals surface area contributed by atoms with E-state index in [4.69, 9.17) is 13.8 Å². The predicted molar refractivity (Wildman–Crippen MR) is 316 cm³/mol. The van der Waals surface area contributed by atoms with Gasteiger partial charge in [-0.25, -0.2) is 0 Å². The largest absolute Gasteiger partial charge is 0.756 e. The fourth-order valence-corrected chi connectivity index (χ4v) is 9.65. The van der Waals surface area contributed by atoms with Gasteiger partial charge in [-0.3, -0.25) is 14.2 Å².